The van der Waals surface area contributed by atoms with Crippen molar-refractivity contribution in [2.45, 2.75) is 32.7 Å². The molecular formula is C18H25ClN6O2. The van der Waals surface area contributed by atoms with Crippen molar-refractivity contribution in [1.29, 1.82) is 0 Å². The third-order valence-corrected chi connectivity index (χ3v) is 3.61. The number of nitrogens with zero attached hydrogens (tertiary/aromatic N) is 3. The maximum absolute atomic E-state index is 11.8. The van der Waals surface area contributed by atoms with Gasteiger partial charge in [0, 0.05) is 36.1 Å². The van der Waals surface area contributed by atoms with Crippen LogP contribution in [-0.2, 0) is 11.2 Å². The van der Waals surface area contributed by atoms with Crippen molar-refractivity contribution in [3.63, 3.8) is 0 Å². The van der Waals surface area contributed by atoms with Crippen LogP contribution in [0.15, 0.2) is 33.8 Å². The molecule has 1 aromatic carbocycles. The lowest BCUT2D eigenvalue weighted by molar-refractivity contribution is -0.121. The summed E-state index contributed by atoms with van der Waals surface area (Å²) in [5.74, 6) is 1.45. The van der Waals surface area contributed by atoms with E-state index in [1.165, 1.54) is 0 Å². The van der Waals surface area contributed by atoms with Gasteiger partial charge in [-0.3, -0.25) is 9.79 Å². The van der Waals surface area contributed by atoms with Crippen LogP contribution in [0.3, 0.4) is 0 Å². The molecule has 146 valence electrons. The predicted molar refractivity (Wildman–Crippen MR) is 106 cm³/mol. The first-order chi connectivity index (χ1) is 12.8. The second kappa shape index (κ2) is 9.36. The SMILES string of the molecule is CN=C(NCCc1nc(-c2ccc(Cl)cc2)no1)NCC(=O)NC(C)(C)C. The zero-order valence-corrected chi connectivity index (χ0v) is 16.7. The molecule has 0 spiro atoms. The van der Waals surface area contributed by atoms with Crippen LogP contribution in [0.4, 0.5) is 0 Å². The van der Waals surface area contributed by atoms with Gasteiger partial charge < -0.3 is 20.5 Å². The van der Waals surface area contributed by atoms with Crippen molar-refractivity contribution in [2.24, 2.45) is 4.99 Å². The van der Waals surface area contributed by atoms with Gasteiger partial charge in [0.15, 0.2) is 5.96 Å². The lowest BCUT2D eigenvalue weighted by atomic mass is 10.1. The van der Waals surface area contributed by atoms with E-state index in [1.54, 1.807) is 19.2 Å². The number of nitrogens with one attached hydrogen (secondary N) is 3. The Morgan fingerprint density at radius 1 is 1.22 bits per heavy atom. The van der Waals surface area contributed by atoms with Crippen molar-refractivity contribution in [3.8, 4) is 11.4 Å². The maximum Gasteiger partial charge on any atom is 0.239 e. The lowest BCUT2D eigenvalue weighted by Crippen LogP contribution is -2.48. The van der Waals surface area contributed by atoms with E-state index in [0.29, 0.717) is 35.7 Å². The van der Waals surface area contributed by atoms with Gasteiger partial charge in [-0.05, 0) is 45.0 Å². The summed E-state index contributed by atoms with van der Waals surface area (Å²) in [6.45, 7) is 6.46. The Labute approximate surface area is 163 Å². The highest BCUT2D eigenvalue weighted by Crippen LogP contribution is 2.18. The number of hydrogen-bond donors (Lipinski definition) is 3. The highest BCUT2D eigenvalue weighted by atomic mass is 35.5. The first-order valence-corrected chi connectivity index (χ1v) is 8.98. The number of halogens is 1. The largest absolute Gasteiger partial charge is 0.356 e. The molecule has 0 unspecified atom stereocenters. The molecule has 27 heavy (non-hydrogen) atoms. The van der Waals surface area contributed by atoms with Gasteiger partial charge in [0.05, 0.1) is 6.54 Å². The quantitative estimate of drug-likeness (QED) is 0.513. The maximum atomic E-state index is 11.8. The monoisotopic (exact) mass is 392 g/mol. The number of carbonyl (C=O) groups excluding carboxylic acids is 1. The standard InChI is InChI=1S/C18H25ClN6O2/c1-18(2,3)24-14(26)11-22-17(20-4)21-10-9-15-23-16(25-27-15)12-5-7-13(19)8-6-12/h5-8H,9-11H2,1-4H3,(H,24,26)(H2,20,21,22). The van der Waals surface area contributed by atoms with Crippen molar-refractivity contribution in [1.82, 2.24) is 26.1 Å². The number of benzene rings is 1. The molecule has 1 aromatic heterocycles. The minimum absolute atomic E-state index is 0.102. The Kier molecular flexibility index (Phi) is 7.18. The van der Waals surface area contributed by atoms with Crippen LogP contribution in [-0.4, -0.2) is 47.7 Å². The summed E-state index contributed by atoms with van der Waals surface area (Å²) in [7, 11) is 1.64. The summed E-state index contributed by atoms with van der Waals surface area (Å²) >= 11 is 5.88. The Hall–Kier alpha value is -2.61. The summed E-state index contributed by atoms with van der Waals surface area (Å²) in [6.07, 6.45) is 0.523. The van der Waals surface area contributed by atoms with E-state index in [-0.39, 0.29) is 18.0 Å². The molecule has 0 bridgehead atoms. The van der Waals surface area contributed by atoms with Gasteiger partial charge in [0.1, 0.15) is 0 Å². The van der Waals surface area contributed by atoms with Crippen LogP contribution in [0.2, 0.25) is 5.02 Å². The Morgan fingerprint density at radius 2 is 1.93 bits per heavy atom. The number of hydrogen-bond acceptors (Lipinski definition) is 5. The summed E-state index contributed by atoms with van der Waals surface area (Å²) in [6, 6.07) is 7.23. The fraction of sp³-hybridized carbons (Fsp3) is 0.444. The molecule has 0 aliphatic rings. The molecule has 3 N–H and O–H groups in total. The van der Waals surface area contributed by atoms with Crippen LogP contribution < -0.4 is 16.0 Å². The number of aromatic nitrogens is 2. The molecule has 0 saturated heterocycles. The molecule has 8 nitrogen and oxygen atoms in total. The van der Waals surface area contributed by atoms with Gasteiger partial charge in [0.25, 0.3) is 0 Å². The molecule has 1 amide bonds. The fourth-order valence-electron chi connectivity index (χ4n) is 2.21. The van der Waals surface area contributed by atoms with Gasteiger partial charge in [-0.15, -0.1) is 0 Å². The van der Waals surface area contributed by atoms with Crippen LogP contribution in [0.5, 0.6) is 0 Å². The minimum Gasteiger partial charge on any atom is -0.356 e. The van der Waals surface area contributed by atoms with E-state index in [4.69, 9.17) is 16.1 Å². The third-order valence-electron chi connectivity index (χ3n) is 3.36. The Balaban J connectivity index is 1.78. The Bertz CT molecular complexity index is 780. The summed E-state index contributed by atoms with van der Waals surface area (Å²) in [4.78, 5) is 20.3. The van der Waals surface area contributed by atoms with Gasteiger partial charge in [-0.1, -0.05) is 16.8 Å². The summed E-state index contributed by atoms with van der Waals surface area (Å²) < 4.78 is 5.26. The van der Waals surface area contributed by atoms with Crippen LogP contribution >= 0.6 is 11.6 Å². The number of rotatable bonds is 6. The lowest BCUT2D eigenvalue weighted by Gasteiger charge is -2.21. The van der Waals surface area contributed by atoms with Crippen LogP contribution in [0, 0.1) is 0 Å². The first-order valence-electron chi connectivity index (χ1n) is 8.61. The number of carbonyl (C=O) groups is 1. The second-order valence-corrected chi connectivity index (χ2v) is 7.36. The van der Waals surface area contributed by atoms with E-state index in [9.17, 15) is 4.79 Å². The molecule has 2 rings (SSSR count). The second-order valence-electron chi connectivity index (χ2n) is 6.92. The van der Waals surface area contributed by atoms with Gasteiger partial charge in [-0.2, -0.15) is 4.98 Å². The average Bonchev–Trinajstić information content (AvgIpc) is 3.06. The van der Waals surface area contributed by atoms with E-state index in [1.807, 2.05) is 32.9 Å². The molecule has 0 radical (unpaired) electrons. The predicted octanol–water partition coefficient (Wildman–Crippen LogP) is 2.01. The average molecular weight is 393 g/mol. The van der Waals surface area contributed by atoms with E-state index in [0.717, 1.165) is 5.56 Å². The molecule has 0 atom stereocenters. The number of amides is 1. The van der Waals surface area contributed by atoms with E-state index < -0.39 is 0 Å². The van der Waals surface area contributed by atoms with Crippen molar-refractivity contribution >= 4 is 23.5 Å². The minimum atomic E-state index is -0.268. The Morgan fingerprint density at radius 3 is 2.56 bits per heavy atom. The molecule has 1 heterocycles. The van der Waals surface area contributed by atoms with Gasteiger partial charge >= 0.3 is 0 Å². The number of aliphatic imine (C=N–C) groups is 1. The molecule has 0 aliphatic heterocycles. The smallest absolute Gasteiger partial charge is 0.239 e. The van der Waals surface area contributed by atoms with Crippen LogP contribution in [0.25, 0.3) is 11.4 Å². The normalized spacial score (nSPS) is 12.0. The molecule has 0 fully saturated rings. The first kappa shape index (κ1) is 20.7. The zero-order valence-electron chi connectivity index (χ0n) is 16.0. The zero-order chi connectivity index (χ0) is 19.9. The van der Waals surface area contributed by atoms with Gasteiger partial charge in [0.2, 0.25) is 17.6 Å². The van der Waals surface area contributed by atoms with Crippen LogP contribution in [0.1, 0.15) is 26.7 Å². The number of guanidine groups is 1. The fourth-order valence-corrected chi connectivity index (χ4v) is 2.33. The summed E-state index contributed by atoms with van der Waals surface area (Å²) in [5, 5.41) is 13.6. The van der Waals surface area contributed by atoms with Crippen molar-refractivity contribution < 1.29 is 9.32 Å². The highest BCUT2D eigenvalue weighted by molar-refractivity contribution is 6.30. The van der Waals surface area contributed by atoms with Crippen molar-refractivity contribution in [3.05, 3.63) is 35.2 Å². The summed E-state index contributed by atoms with van der Waals surface area (Å²) in [5.41, 5.74) is 0.569. The molecule has 0 aliphatic carbocycles. The topological polar surface area (TPSA) is 104 Å². The molecular weight excluding hydrogens is 368 g/mol. The van der Waals surface area contributed by atoms with Crippen molar-refractivity contribution in [2.75, 3.05) is 20.1 Å². The van der Waals surface area contributed by atoms with Gasteiger partial charge in [-0.25, -0.2) is 0 Å². The molecule has 9 heteroatoms. The molecule has 2 aromatic rings. The third kappa shape index (κ3) is 7.26. The van der Waals surface area contributed by atoms with E-state index in [2.05, 4.69) is 31.1 Å². The highest BCUT2D eigenvalue weighted by Gasteiger charge is 2.14. The van der Waals surface area contributed by atoms with E-state index >= 15 is 0 Å². The molecule has 0 saturated carbocycles.